The van der Waals surface area contributed by atoms with E-state index >= 15 is 0 Å². The Kier molecular flexibility index (Phi) is 3.70. The van der Waals surface area contributed by atoms with Crippen molar-refractivity contribution in [1.82, 2.24) is 4.98 Å². The Balaban J connectivity index is 2.11. The number of nitrogens with two attached hydrogens (primary N) is 1. The number of amides is 1. The average Bonchev–Trinajstić information content (AvgIpc) is 2.69. The van der Waals surface area contributed by atoms with Gasteiger partial charge in [0.25, 0.3) is 0 Å². The third kappa shape index (κ3) is 3.22. The lowest BCUT2D eigenvalue weighted by Gasteiger charge is -2.06. The molecule has 0 radical (unpaired) electrons. The summed E-state index contributed by atoms with van der Waals surface area (Å²) < 4.78 is 39.3. The normalized spacial score (nSPS) is 10.5. The number of anilines is 2. The molecule has 0 fully saturated rings. The maximum absolute atomic E-state index is 13.3. The van der Waals surface area contributed by atoms with Gasteiger partial charge in [-0.15, -0.1) is 11.3 Å². The number of carbonyl (C=O) groups excluding carboxylic acids is 1. The number of nitrogens with one attached hydrogen (secondary N) is 1. The number of nitrogen functional groups attached to an aromatic ring is 1. The minimum absolute atomic E-state index is 0.177. The van der Waals surface area contributed by atoms with Gasteiger partial charge >= 0.3 is 0 Å². The van der Waals surface area contributed by atoms with Crippen molar-refractivity contribution in [2.24, 2.45) is 0 Å². The molecule has 0 atom stereocenters. The van der Waals surface area contributed by atoms with Gasteiger partial charge in [0.05, 0.1) is 12.1 Å². The zero-order valence-electron chi connectivity index (χ0n) is 9.41. The van der Waals surface area contributed by atoms with Gasteiger partial charge in [0.1, 0.15) is 11.5 Å². The minimum Gasteiger partial charge on any atom is -0.375 e. The molecule has 4 nitrogen and oxygen atoms in total. The van der Waals surface area contributed by atoms with Gasteiger partial charge in [-0.05, 0) is 0 Å². The molecule has 0 aliphatic heterocycles. The van der Waals surface area contributed by atoms with Gasteiger partial charge in [-0.2, -0.15) is 0 Å². The molecule has 0 aliphatic carbocycles. The van der Waals surface area contributed by atoms with Crippen molar-refractivity contribution in [2.45, 2.75) is 6.42 Å². The first-order chi connectivity index (χ1) is 8.95. The molecule has 2 rings (SSSR count). The number of hydrogen-bond donors (Lipinski definition) is 2. The molecule has 19 heavy (non-hydrogen) atoms. The zero-order chi connectivity index (χ0) is 14.0. The summed E-state index contributed by atoms with van der Waals surface area (Å²) in [7, 11) is 0. The number of thiazole rings is 1. The van der Waals surface area contributed by atoms with Crippen LogP contribution in [-0.4, -0.2) is 10.9 Å². The summed E-state index contributed by atoms with van der Waals surface area (Å²) >= 11 is 1.15. The molecule has 0 spiro atoms. The first kappa shape index (κ1) is 13.3. The standard InChI is InChI=1S/C11H8F3N3OS/c12-5-1-7(13)10(8(14)2-5)17-9(18)3-6-4-19-11(15)16-6/h1-2,4H,3H2,(H2,15,16)(H,17,18). The molecule has 0 bridgehead atoms. The summed E-state index contributed by atoms with van der Waals surface area (Å²) in [4.78, 5) is 15.4. The lowest BCUT2D eigenvalue weighted by atomic mass is 10.2. The highest BCUT2D eigenvalue weighted by atomic mass is 32.1. The second-order valence-corrected chi connectivity index (χ2v) is 4.54. The molecule has 3 N–H and O–H groups in total. The first-order valence-corrected chi connectivity index (χ1v) is 5.98. The molecule has 1 amide bonds. The second kappa shape index (κ2) is 5.27. The van der Waals surface area contributed by atoms with Crippen LogP contribution in [0, 0.1) is 17.5 Å². The summed E-state index contributed by atoms with van der Waals surface area (Å²) in [6, 6.07) is 0.971. The van der Waals surface area contributed by atoms with E-state index < -0.39 is 29.0 Å². The zero-order valence-corrected chi connectivity index (χ0v) is 10.2. The maximum Gasteiger partial charge on any atom is 0.230 e. The minimum atomic E-state index is -1.18. The Hall–Kier alpha value is -2.09. The van der Waals surface area contributed by atoms with Crippen molar-refractivity contribution in [3.8, 4) is 0 Å². The third-order valence-electron chi connectivity index (χ3n) is 2.18. The van der Waals surface area contributed by atoms with Crippen molar-refractivity contribution in [2.75, 3.05) is 11.1 Å². The summed E-state index contributed by atoms with van der Waals surface area (Å²) in [6.45, 7) is 0. The number of rotatable bonds is 3. The molecular formula is C11H8F3N3OS. The molecule has 0 aliphatic rings. The second-order valence-electron chi connectivity index (χ2n) is 3.65. The fourth-order valence-electron chi connectivity index (χ4n) is 1.41. The van der Waals surface area contributed by atoms with Gasteiger partial charge in [-0.3, -0.25) is 4.79 Å². The number of carbonyl (C=O) groups is 1. The van der Waals surface area contributed by atoms with Crippen molar-refractivity contribution in [3.63, 3.8) is 0 Å². The van der Waals surface area contributed by atoms with E-state index in [0.29, 0.717) is 23.0 Å². The smallest absolute Gasteiger partial charge is 0.230 e. The first-order valence-electron chi connectivity index (χ1n) is 5.10. The molecular weight excluding hydrogens is 279 g/mol. The number of hydrogen-bond acceptors (Lipinski definition) is 4. The Morgan fingerprint density at radius 2 is 1.95 bits per heavy atom. The number of halogens is 3. The van der Waals surface area contributed by atoms with Crippen LogP contribution in [0.5, 0.6) is 0 Å². The molecule has 1 aromatic carbocycles. The Morgan fingerprint density at radius 3 is 2.47 bits per heavy atom. The van der Waals surface area contributed by atoms with E-state index in [1.165, 1.54) is 0 Å². The van der Waals surface area contributed by atoms with E-state index in [2.05, 4.69) is 4.98 Å². The van der Waals surface area contributed by atoms with Crippen LogP contribution in [-0.2, 0) is 11.2 Å². The average molecular weight is 287 g/mol. The summed E-state index contributed by atoms with van der Waals surface area (Å²) in [6.07, 6.45) is -0.177. The van der Waals surface area contributed by atoms with Gasteiger partial charge in [0, 0.05) is 17.5 Å². The lowest BCUT2D eigenvalue weighted by Crippen LogP contribution is -2.17. The molecule has 0 unspecified atom stereocenters. The predicted octanol–water partition coefficient (Wildman–Crippen LogP) is 2.32. The van der Waals surface area contributed by atoms with Crippen molar-refractivity contribution < 1.29 is 18.0 Å². The fourth-order valence-corrected chi connectivity index (χ4v) is 1.98. The van der Waals surface area contributed by atoms with E-state index in [1.54, 1.807) is 5.38 Å². The highest BCUT2D eigenvalue weighted by Gasteiger charge is 2.15. The van der Waals surface area contributed by atoms with Crippen LogP contribution in [0.15, 0.2) is 17.5 Å². The van der Waals surface area contributed by atoms with Crippen LogP contribution in [0.25, 0.3) is 0 Å². The number of nitrogens with zero attached hydrogens (tertiary/aromatic N) is 1. The van der Waals surface area contributed by atoms with Crippen LogP contribution in [0.1, 0.15) is 5.69 Å². The monoisotopic (exact) mass is 287 g/mol. The van der Waals surface area contributed by atoms with Crippen LogP contribution in [0.3, 0.4) is 0 Å². The lowest BCUT2D eigenvalue weighted by molar-refractivity contribution is -0.115. The van der Waals surface area contributed by atoms with Gasteiger partial charge in [0.15, 0.2) is 16.8 Å². The molecule has 100 valence electrons. The highest BCUT2D eigenvalue weighted by Crippen LogP contribution is 2.20. The Bertz CT molecular complexity index is 606. The Morgan fingerprint density at radius 1 is 1.32 bits per heavy atom. The van der Waals surface area contributed by atoms with Gasteiger partial charge < -0.3 is 11.1 Å². The predicted molar refractivity (Wildman–Crippen MR) is 65.2 cm³/mol. The topological polar surface area (TPSA) is 68.0 Å². The third-order valence-corrected chi connectivity index (χ3v) is 2.91. The molecule has 2 aromatic rings. The van der Waals surface area contributed by atoms with E-state index in [9.17, 15) is 18.0 Å². The molecule has 0 saturated carbocycles. The SMILES string of the molecule is Nc1nc(CC(=O)Nc2c(F)cc(F)cc2F)cs1. The largest absolute Gasteiger partial charge is 0.375 e. The maximum atomic E-state index is 13.3. The summed E-state index contributed by atoms with van der Waals surface area (Å²) in [5.74, 6) is -4.08. The molecule has 1 heterocycles. The number of benzene rings is 1. The summed E-state index contributed by atoms with van der Waals surface area (Å²) in [5, 5.41) is 3.89. The highest BCUT2D eigenvalue weighted by molar-refractivity contribution is 7.13. The molecule has 1 aromatic heterocycles. The van der Waals surface area contributed by atoms with E-state index in [-0.39, 0.29) is 6.42 Å². The van der Waals surface area contributed by atoms with Crippen molar-refractivity contribution in [1.29, 1.82) is 0 Å². The van der Waals surface area contributed by atoms with Crippen LogP contribution in [0.4, 0.5) is 24.0 Å². The van der Waals surface area contributed by atoms with Gasteiger partial charge in [-0.1, -0.05) is 0 Å². The van der Waals surface area contributed by atoms with E-state index in [1.807, 2.05) is 5.32 Å². The van der Waals surface area contributed by atoms with E-state index in [4.69, 9.17) is 5.73 Å². The Labute approximate surface area is 110 Å². The van der Waals surface area contributed by atoms with Gasteiger partial charge in [-0.25, -0.2) is 18.2 Å². The fraction of sp³-hybridized carbons (Fsp3) is 0.0909. The molecule has 8 heteroatoms. The quantitative estimate of drug-likeness (QED) is 0.910. The summed E-state index contributed by atoms with van der Waals surface area (Å²) in [5.41, 5.74) is 5.09. The van der Waals surface area contributed by atoms with Crippen LogP contribution >= 0.6 is 11.3 Å². The van der Waals surface area contributed by atoms with Crippen LogP contribution in [0.2, 0.25) is 0 Å². The van der Waals surface area contributed by atoms with Crippen LogP contribution < -0.4 is 11.1 Å². The van der Waals surface area contributed by atoms with Crippen molar-refractivity contribution >= 4 is 28.1 Å². The van der Waals surface area contributed by atoms with Gasteiger partial charge in [0.2, 0.25) is 5.91 Å². The van der Waals surface area contributed by atoms with E-state index in [0.717, 1.165) is 11.3 Å². The molecule has 0 saturated heterocycles. The number of aromatic nitrogens is 1. The van der Waals surface area contributed by atoms with Crippen molar-refractivity contribution in [3.05, 3.63) is 40.7 Å².